The highest BCUT2D eigenvalue weighted by Gasteiger charge is 2.53. The molecule has 3 saturated carbocycles. The van der Waals surface area contributed by atoms with Crippen molar-refractivity contribution in [2.24, 2.45) is 17.8 Å². The van der Waals surface area contributed by atoms with Crippen molar-refractivity contribution in [1.29, 1.82) is 0 Å². The van der Waals surface area contributed by atoms with Crippen LogP contribution in [0.1, 0.15) is 64.7 Å². The molecule has 0 atom stereocenters. The van der Waals surface area contributed by atoms with Gasteiger partial charge in [0.1, 0.15) is 12.1 Å². The maximum atomic E-state index is 12.9. The van der Waals surface area contributed by atoms with E-state index in [-0.39, 0.29) is 24.4 Å². The Morgan fingerprint density at radius 1 is 1.16 bits per heavy atom. The molecule has 1 aliphatic heterocycles. The minimum Gasteiger partial charge on any atom is -0.351 e. The molecular formula is C19H29N3O3. The quantitative estimate of drug-likeness (QED) is 0.723. The Balaban J connectivity index is 1.36. The number of carbonyl (C=O) groups excluding carboxylic acids is 3. The van der Waals surface area contributed by atoms with Gasteiger partial charge in [0.25, 0.3) is 5.91 Å². The SMILES string of the molecule is CCC1CCC2(CC1)NC(=O)N(CC(=O)NC(C1CC1)C1CC1)C2=O. The first kappa shape index (κ1) is 16.9. The molecule has 1 spiro atoms. The molecule has 1 heterocycles. The molecule has 0 radical (unpaired) electrons. The van der Waals surface area contributed by atoms with E-state index in [0.717, 1.165) is 24.2 Å². The van der Waals surface area contributed by atoms with Gasteiger partial charge in [0.15, 0.2) is 0 Å². The number of rotatable bonds is 6. The molecule has 3 aliphatic carbocycles. The molecule has 1 saturated heterocycles. The summed E-state index contributed by atoms with van der Waals surface area (Å²) in [7, 11) is 0. The minimum atomic E-state index is -0.755. The zero-order valence-corrected chi connectivity index (χ0v) is 15.1. The number of nitrogens with one attached hydrogen (secondary N) is 2. The predicted octanol–water partition coefficient (Wildman–Crippen LogP) is 2.18. The lowest BCUT2D eigenvalue weighted by atomic mass is 9.75. The van der Waals surface area contributed by atoms with Gasteiger partial charge in [-0.25, -0.2) is 4.79 Å². The van der Waals surface area contributed by atoms with Crippen LogP contribution in [-0.2, 0) is 9.59 Å². The summed E-state index contributed by atoms with van der Waals surface area (Å²) in [6.45, 7) is 2.03. The van der Waals surface area contributed by atoms with Crippen LogP contribution in [0.15, 0.2) is 0 Å². The van der Waals surface area contributed by atoms with Crippen molar-refractivity contribution in [3.8, 4) is 0 Å². The molecule has 2 N–H and O–H groups in total. The smallest absolute Gasteiger partial charge is 0.325 e. The van der Waals surface area contributed by atoms with Crippen LogP contribution >= 0.6 is 0 Å². The average Bonchev–Trinajstić information content (AvgIpc) is 3.50. The zero-order valence-electron chi connectivity index (χ0n) is 15.1. The number of carbonyl (C=O) groups is 3. The van der Waals surface area contributed by atoms with Crippen LogP contribution in [0.4, 0.5) is 4.79 Å². The first-order chi connectivity index (χ1) is 12.0. The lowest BCUT2D eigenvalue weighted by molar-refractivity contribution is -0.136. The van der Waals surface area contributed by atoms with E-state index in [1.165, 1.54) is 25.7 Å². The van der Waals surface area contributed by atoms with Crippen molar-refractivity contribution in [2.45, 2.75) is 76.3 Å². The lowest BCUT2D eigenvalue weighted by Crippen LogP contribution is -2.50. The molecule has 4 aliphatic rings. The normalized spacial score (nSPS) is 32.4. The minimum absolute atomic E-state index is 0.139. The second-order valence-corrected chi connectivity index (χ2v) is 8.52. The summed E-state index contributed by atoms with van der Waals surface area (Å²) in [5.41, 5.74) is -0.755. The van der Waals surface area contributed by atoms with E-state index in [4.69, 9.17) is 0 Å². The molecule has 6 heteroatoms. The third-order valence-corrected chi connectivity index (χ3v) is 6.67. The molecule has 4 rings (SSSR count). The summed E-state index contributed by atoms with van der Waals surface area (Å²) in [6.07, 6.45) is 9.19. The van der Waals surface area contributed by atoms with Gasteiger partial charge in [-0.15, -0.1) is 0 Å². The summed E-state index contributed by atoms with van der Waals surface area (Å²) in [5.74, 6) is 1.47. The number of amides is 4. The number of hydrogen-bond acceptors (Lipinski definition) is 3. The van der Waals surface area contributed by atoms with Crippen LogP contribution in [0.2, 0.25) is 0 Å². The van der Waals surface area contributed by atoms with Crippen molar-refractivity contribution in [1.82, 2.24) is 15.5 Å². The van der Waals surface area contributed by atoms with Crippen LogP contribution in [-0.4, -0.2) is 40.9 Å². The first-order valence-corrected chi connectivity index (χ1v) is 9.96. The van der Waals surface area contributed by atoms with Crippen LogP contribution in [0.3, 0.4) is 0 Å². The molecule has 6 nitrogen and oxygen atoms in total. The van der Waals surface area contributed by atoms with E-state index in [1.807, 2.05) is 0 Å². The number of nitrogens with zero attached hydrogens (tertiary/aromatic N) is 1. The predicted molar refractivity (Wildman–Crippen MR) is 92.6 cm³/mol. The van der Waals surface area contributed by atoms with Crippen LogP contribution < -0.4 is 10.6 Å². The monoisotopic (exact) mass is 347 g/mol. The van der Waals surface area contributed by atoms with Crippen molar-refractivity contribution in [3.63, 3.8) is 0 Å². The zero-order chi connectivity index (χ0) is 17.6. The molecule has 0 aromatic carbocycles. The van der Waals surface area contributed by atoms with Crippen molar-refractivity contribution >= 4 is 17.8 Å². The van der Waals surface area contributed by atoms with E-state index in [9.17, 15) is 14.4 Å². The van der Waals surface area contributed by atoms with E-state index in [1.54, 1.807) is 0 Å². The van der Waals surface area contributed by atoms with E-state index in [2.05, 4.69) is 17.6 Å². The van der Waals surface area contributed by atoms with Gasteiger partial charge < -0.3 is 10.6 Å². The van der Waals surface area contributed by atoms with Gasteiger partial charge in [0.2, 0.25) is 5.91 Å². The highest BCUT2D eigenvalue weighted by molar-refractivity contribution is 6.09. The Bertz CT molecular complexity index is 562. The molecule has 4 fully saturated rings. The Labute approximate surface area is 149 Å². The molecule has 25 heavy (non-hydrogen) atoms. The molecule has 4 amide bonds. The van der Waals surface area contributed by atoms with Gasteiger partial charge in [-0.3, -0.25) is 14.5 Å². The van der Waals surface area contributed by atoms with Crippen LogP contribution in [0, 0.1) is 17.8 Å². The first-order valence-electron chi connectivity index (χ1n) is 9.96. The van der Waals surface area contributed by atoms with Gasteiger partial charge in [0, 0.05) is 6.04 Å². The second-order valence-electron chi connectivity index (χ2n) is 8.52. The van der Waals surface area contributed by atoms with E-state index in [0.29, 0.717) is 30.6 Å². The molecule has 0 unspecified atom stereocenters. The largest absolute Gasteiger partial charge is 0.351 e. The maximum absolute atomic E-state index is 12.9. The van der Waals surface area contributed by atoms with Gasteiger partial charge in [-0.1, -0.05) is 13.3 Å². The van der Waals surface area contributed by atoms with Crippen LogP contribution in [0.25, 0.3) is 0 Å². The summed E-state index contributed by atoms with van der Waals surface area (Å²) >= 11 is 0. The molecular weight excluding hydrogens is 318 g/mol. The topological polar surface area (TPSA) is 78.5 Å². The highest BCUT2D eigenvalue weighted by Crippen LogP contribution is 2.44. The third kappa shape index (κ3) is 3.27. The number of imide groups is 1. The Morgan fingerprint density at radius 3 is 2.28 bits per heavy atom. The summed E-state index contributed by atoms with van der Waals surface area (Å²) < 4.78 is 0. The number of urea groups is 1. The molecule has 0 aromatic heterocycles. The van der Waals surface area contributed by atoms with Crippen LogP contribution in [0.5, 0.6) is 0 Å². The summed E-state index contributed by atoms with van der Waals surface area (Å²) in [5, 5.41) is 6.00. The van der Waals surface area contributed by atoms with Crippen molar-refractivity contribution in [2.75, 3.05) is 6.54 Å². The van der Waals surface area contributed by atoms with Crippen molar-refractivity contribution in [3.05, 3.63) is 0 Å². The Hall–Kier alpha value is -1.59. The fourth-order valence-electron chi connectivity index (χ4n) is 4.64. The lowest BCUT2D eigenvalue weighted by Gasteiger charge is -2.34. The second kappa shape index (κ2) is 6.29. The van der Waals surface area contributed by atoms with E-state index < -0.39 is 11.6 Å². The van der Waals surface area contributed by atoms with Gasteiger partial charge in [-0.2, -0.15) is 0 Å². The summed E-state index contributed by atoms with van der Waals surface area (Å²) in [6, 6.07) is -0.147. The molecule has 0 aromatic rings. The van der Waals surface area contributed by atoms with E-state index >= 15 is 0 Å². The maximum Gasteiger partial charge on any atom is 0.325 e. The Kier molecular flexibility index (Phi) is 4.24. The van der Waals surface area contributed by atoms with Crippen molar-refractivity contribution < 1.29 is 14.4 Å². The fraction of sp³-hybridized carbons (Fsp3) is 0.842. The standard InChI is InChI=1S/C19H29N3O3/c1-2-12-7-9-19(10-8-12)17(24)22(18(25)21-19)11-15(23)20-16(13-3-4-13)14-5-6-14/h12-14,16H,2-11H2,1H3,(H,20,23)(H,21,25). The highest BCUT2D eigenvalue weighted by atomic mass is 16.2. The Morgan fingerprint density at radius 2 is 1.76 bits per heavy atom. The number of hydrogen-bond donors (Lipinski definition) is 2. The molecule has 138 valence electrons. The van der Waals surface area contributed by atoms with Gasteiger partial charge in [-0.05, 0) is 69.1 Å². The summed E-state index contributed by atoms with van der Waals surface area (Å²) in [4.78, 5) is 38.8. The third-order valence-electron chi connectivity index (χ3n) is 6.67. The van der Waals surface area contributed by atoms with Gasteiger partial charge >= 0.3 is 6.03 Å². The van der Waals surface area contributed by atoms with Gasteiger partial charge in [0.05, 0.1) is 0 Å². The fourth-order valence-corrected chi connectivity index (χ4v) is 4.64. The average molecular weight is 347 g/mol. The molecule has 0 bridgehead atoms.